The van der Waals surface area contributed by atoms with Crippen LogP contribution < -0.4 is 0 Å². The summed E-state index contributed by atoms with van der Waals surface area (Å²) < 4.78 is 0. The number of nitriles is 1. The molecule has 1 heterocycles. The Morgan fingerprint density at radius 1 is 0.375 bits per heavy atom. The summed E-state index contributed by atoms with van der Waals surface area (Å²) in [7, 11) is 0. The van der Waals surface area contributed by atoms with Crippen molar-refractivity contribution in [1.82, 2.24) is 15.0 Å². The van der Waals surface area contributed by atoms with E-state index in [1.165, 1.54) is 21.5 Å². The molecule has 8 aromatic carbocycles. The van der Waals surface area contributed by atoms with Crippen LogP contribution in [0.25, 0.3) is 89.1 Å². The summed E-state index contributed by atoms with van der Waals surface area (Å²) >= 11 is 0. The summed E-state index contributed by atoms with van der Waals surface area (Å²) in [6.45, 7) is 8.38. The van der Waals surface area contributed by atoms with E-state index in [1.807, 2.05) is 24.3 Å². The molecule has 0 saturated heterocycles. The number of hydrogen-bond acceptors (Lipinski definition) is 4. The zero-order valence-corrected chi connectivity index (χ0v) is 31.8. The molecule has 0 unspecified atom stereocenters. The third-order valence-electron chi connectivity index (χ3n) is 10.5. The Bertz CT molecular complexity index is 2930. The van der Waals surface area contributed by atoms with E-state index in [1.54, 1.807) is 0 Å². The average Bonchev–Trinajstić information content (AvgIpc) is 3.22. The molecule has 0 saturated carbocycles. The highest BCUT2D eigenvalue weighted by atomic mass is 15.0. The van der Waals surface area contributed by atoms with Gasteiger partial charge in [-0.25, -0.2) is 15.0 Å². The quantitative estimate of drug-likeness (QED) is 0.161. The van der Waals surface area contributed by atoms with Crippen LogP contribution in [0.15, 0.2) is 158 Å². The van der Waals surface area contributed by atoms with Crippen LogP contribution in [0.5, 0.6) is 0 Å². The minimum absolute atomic E-state index is 0.574. The van der Waals surface area contributed by atoms with Gasteiger partial charge in [0.2, 0.25) is 0 Å². The lowest BCUT2D eigenvalue weighted by Gasteiger charge is -2.17. The van der Waals surface area contributed by atoms with E-state index in [2.05, 4.69) is 167 Å². The molecule has 0 bridgehead atoms. The van der Waals surface area contributed by atoms with Gasteiger partial charge in [0, 0.05) is 22.3 Å². The first-order valence-electron chi connectivity index (χ1n) is 18.9. The maximum absolute atomic E-state index is 10.6. The molecule has 9 rings (SSSR count). The fraction of sp³-hybridized carbons (Fsp3) is 0.0769. The van der Waals surface area contributed by atoms with E-state index in [0.717, 1.165) is 72.3 Å². The Balaban J connectivity index is 1.20. The zero-order chi connectivity index (χ0) is 38.3. The topological polar surface area (TPSA) is 62.5 Å². The molecule has 0 aliphatic carbocycles. The van der Waals surface area contributed by atoms with Gasteiger partial charge in [-0.2, -0.15) is 5.26 Å². The highest BCUT2D eigenvalue weighted by molar-refractivity contribution is 6.09. The molecule has 266 valence electrons. The molecule has 0 N–H and O–H groups in total. The molecule has 0 atom stereocenters. The van der Waals surface area contributed by atoms with Crippen molar-refractivity contribution < 1.29 is 0 Å². The van der Waals surface area contributed by atoms with Gasteiger partial charge in [0.1, 0.15) is 0 Å². The molecule has 0 amide bonds. The van der Waals surface area contributed by atoms with E-state index in [-0.39, 0.29) is 0 Å². The summed E-state index contributed by atoms with van der Waals surface area (Å²) in [6.07, 6.45) is 0. The monoisotopic (exact) mass is 718 g/mol. The first kappa shape index (κ1) is 34.5. The van der Waals surface area contributed by atoms with E-state index < -0.39 is 0 Å². The summed E-state index contributed by atoms with van der Waals surface area (Å²) in [5, 5.41) is 15.5. The molecule has 4 heteroatoms. The van der Waals surface area contributed by atoms with Crippen molar-refractivity contribution in [2.45, 2.75) is 27.7 Å². The SMILES string of the molecule is Cc1cc(C)cc(-c2nc(-c3cc(C)cc(C)c3)nc(-c3cccc(-c4c(C#N)cccc4-c4ccccc4-c4ccc5c(ccc6ccccc65)c4)c3)n2)c1. The Morgan fingerprint density at radius 2 is 0.911 bits per heavy atom. The summed E-state index contributed by atoms with van der Waals surface area (Å²) in [6, 6.07) is 57.7. The zero-order valence-electron chi connectivity index (χ0n) is 31.8. The molecule has 0 aliphatic rings. The van der Waals surface area contributed by atoms with Crippen molar-refractivity contribution in [3.63, 3.8) is 0 Å². The van der Waals surface area contributed by atoms with E-state index >= 15 is 0 Å². The highest BCUT2D eigenvalue weighted by Crippen LogP contribution is 2.42. The van der Waals surface area contributed by atoms with Gasteiger partial charge >= 0.3 is 0 Å². The number of rotatable bonds is 6. The maximum atomic E-state index is 10.6. The first-order valence-corrected chi connectivity index (χ1v) is 18.9. The fourth-order valence-electron chi connectivity index (χ4n) is 8.12. The predicted molar refractivity (Wildman–Crippen MR) is 231 cm³/mol. The average molecular weight is 719 g/mol. The van der Waals surface area contributed by atoms with E-state index in [0.29, 0.717) is 23.0 Å². The molecule has 0 radical (unpaired) electrons. The molecule has 4 nitrogen and oxygen atoms in total. The summed E-state index contributed by atoms with van der Waals surface area (Å²) in [5.41, 5.74) is 14.0. The normalized spacial score (nSPS) is 11.2. The van der Waals surface area contributed by atoms with Gasteiger partial charge in [-0.15, -0.1) is 0 Å². The molecule has 1 aromatic heterocycles. The van der Waals surface area contributed by atoms with Crippen LogP contribution >= 0.6 is 0 Å². The Morgan fingerprint density at radius 3 is 1.59 bits per heavy atom. The standard InChI is InChI=1S/C52H38N4/c1-32-23-33(2)26-42(25-32)51-54-50(55-52(56-51)43-27-34(3)24-35(4)28-43)40-13-9-12-39(30-40)49-41(31-53)14-10-18-48(49)47-17-8-7-16-45(47)38-21-22-46-37(29-38)20-19-36-11-5-6-15-44(36)46/h5-30H,1-4H3. The third kappa shape index (κ3) is 6.50. The fourth-order valence-corrected chi connectivity index (χ4v) is 8.12. The van der Waals surface area contributed by atoms with Crippen molar-refractivity contribution in [1.29, 1.82) is 5.26 Å². The molecule has 0 fully saturated rings. The van der Waals surface area contributed by atoms with Gasteiger partial charge < -0.3 is 0 Å². The largest absolute Gasteiger partial charge is 0.208 e. The first-order chi connectivity index (χ1) is 27.3. The Labute approximate surface area is 327 Å². The molecule has 9 aromatic rings. The number of fused-ring (bicyclic) bond motifs is 3. The highest BCUT2D eigenvalue weighted by Gasteiger charge is 2.19. The second-order valence-electron chi connectivity index (χ2n) is 14.7. The molecular formula is C52H38N4. The number of aromatic nitrogens is 3. The molecular weight excluding hydrogens is 681 g/mol. The third-order valence-corrected chi connectivity index (χ3v) is 10.5. The minimum atomic E-state index is 0.574. The molecule has 0 spiro atoms. The van der Waals surface area contributed by atoms with Crippen molar-refractivity contribution in [3.05, 3.63) is 186 Å². The van der Waals surface area contributed by atoms with Crippen molar-refractivity contribution in [3.8, 4) is 73.6 Å². The second kappa shape index (κ2) is 14.2. The predicted octanol–water partition coefficient (Wildman–Crippen LogP) is 13.3. The van der Waals surface area contributed by atoms with Gasteiger partial charge in [0.15, 0.2) is 17.5 Å². The lowest BCUT2D eigenvalue weighted by Crippen LogP contribution is -2.01. The number of aryl methyl sites for hydroxylation is 4. The van der Waals surface area contributed by atoms with Crippen LogP contribution in [0.4, 0.5) is 0 Å². The number of benzene rings is 8. The van der Waals surface area contributed by atoms with Crippen molar-refractivity contribution in [2.75, 3.05) is 0 Å². The van der Waals surface area contributed by atoms with E-state index in [4.69, 9.17) is 15.0 Å². The second-order valence-corrected chi connectivity index (χ2v) is 14.7. The van der Waals surface area contributed by atoms with Gasteiger partial charge in [-0.3, -0.25) is 0 Å². The van der Waals surface area contributed by atoms with Gasteiger partial charge in [-0.1, -0.05) is 138 Å². The van der Waals surface area contributed by atoms with Crippen LogP contribution in [0.1, 0.15) is 27.8 Å². The van der Waals surface area contributed by atoms with Crippen LogP contribution in [-0.2, 0) is 0 Å². The minimum Gasteiger partial charge on any atom is -0.208 e. The maximum Gasteiger partial charge on any atom is 0.164 e. The van der Waals surface area contributed by atoms with Crippen molar-refractivity contribution >= 4 is 21.5 Å². The number of hydrogen-bond donors (Lipinski definition) is 0. The Hall–Kier alpha value is -7.22. The lowest BCUT2D eigenvalue weighted by molar-refractivity contribution is 1.07. The van der Waals surface area contributed by atoms with Crippen LogP contribution in [-0.4, -0.2) is 15.0 Å². The van der Waals surface area contributed by atoms with Crippen LogP contribution in [0.2, 0.25) is 0 Å². The molecule has 56 heavy (non-hydrogen) atoms. The smallest absolute Gasteiger partial charge is 0.164 e. The van der Waals surface area contributed by atoms with E-state index in [9.17, 15) is 5.26 Å². The molecule has 0 aliphatic heterocycles. The van der Waals surface area contributed by atoms with Crippen LogP contribution in [0.3, 0.4) is 0 Å². The number of nitrogens with zero attached hydrogens (tertiary/aromatic N) is 4. The van der Waals surface area contributed by atoms with Crippen LogP contribution in [0, 0.1) is 39.0 Å². The Kier molecular flexibility index (Phi) is 8.76. The van der Waals surface area contributed by atoms with Gasteiger partial charge in [-0.05, 0) is 120 Å². The lowest BCUT2D eigenvalue weighted by atomic mass is 9.86. The summed E-state index contributed by atoms with van der Waals surface area (Å²) in [4.78, 5) is 15.2. The summed E-state index contributed by atoms with van der Waals surface area (Å²) in [5.74, 6) is 1.82. The van der Waals surface area contributed by atoms with Gasteiger partial charge in [0.25, 0.3) is 0 Å². The van der Waals surface area contributed by atoms with Gasteiger partial charge in [0.05, 0.1) is 11.6 Å². The van der Waals surface area contributed by atoms with Crippen molar-refractivity contribution in [2.24, 2.45) is 0 Å².